The summed E-state index contributed by atoms with van der Waals surface area (Å²) in [4.78, 5) is 2.68. The number of thioether (sulfide) groups is 1. The smallest absolute Gasteiger partial charge is 0.0989 e. The summed E-state index contributed by atoms with van der Waals surface area (Å²) in [5.74, 6) is 2.74. The van der Waals surface area contributed by atoms with Gasteiger partial charge in [0.15, 0.2) is 0 Å². The van der Waals surface area contributed by atoms with Gasteiger partial charge in [0.2, 0.25) is 0 Å². The second-order valence-electron chi connectivity index (χ2n) is 3.49. The molecule has 82 valence electrons. The van der Waals surface area contributed by atoms with E-state index < -0.39 is 0 Å². The van der Waals surface area contributed by atoms with Crippen molar-refractivity contribution in [3.63, 3.8) is 0 Å². The van der Waals surface area contributed by atoms with Gasteiger partial charge in [-0.2, -0.15) is 17.0 Å². The number of hydrogen-bond donors (Lipinski definition) is 1. The number of nitrogens with one attached hydrogen (secondary N) is 1. The van der Waals surface area contributed by atoms with E-state index in [4.69, 9.17) is 10.8 Å². The third kappa shape index (κ3) is 4.43. The highest BCUT2D eigenvalue weighted by Crippen LogP contribution is 2.25. The van der Waals surface area contributed by atoms with E-state index in [0.29, 0.717) is 12.5 Å². The standard InChI is InChI=1S/C9H15N5S/c10-6-9(8-2-5-15-7-8)12-3-1-4-13-14-11/h8-9,12H,1-5,7H2. The Bertz CT molecular complexity index is 262. The van der Waals surface area contributed by atoms with Gasteiger partial charge in [-0.25, -0.2) is 0 Å². The first-order valence-electron chi connectivity index (χ1n) is 5.10. The molecule has 1 fully saturated rings. The maximum Gasteiger partial charge on any atom is 0.0989 e. The van der Waals surface area contributed by atoms with Crippen LogP contribution in [0.3, 0.4) is 0 Å². The van der Waals surface area contributed by atoms with Crippen LogP contribution >= 0.6 is 11.8 Å². The first-order valence-corrected chi connectivity index (χ1v) is 6.25. The van der Waals surface area contributed by atoms with Crippen LogP contribution in [-0.2, 0) is 0 Å². The van der Waals surface area contributed by atoms with E-state index in [0.717, 1.165) is 25.1 Å². The average Bonchev–Trinajstić information content (AvgIpc) is 2.77. The first-order chi connectivity index (χ1) is 7.38. The van der Waals surface area contributed by atoms with E-state index in [9.17, 15) is 0 Å². The summed E-state index contributed by atoms with van der Waals surface area (Å²) in [7, 11) is 0. The van der Waals surface area contributed by atoms with Gasteiger partial charge < -0.3 is 5.32 Å². The molecule has 2 atom stereocenters. The molecule has 1 aliphatic heterocycles. The van der Waals surface area contributed by atoms with Crippen LogP contribution in [0, 0.1) is 17.2 Å². The Morgan fingerprint density at radius 3 is 3.20 bits per heavy atom. The molecule has 1 rings (SSSR count). The lowest BCUT2D eigenvalue weighted by Crippen LogP contribution is -2.35. The lowest BCUT2D eigenvalue weighted by molar-refractivity contribution is 0.448. The van der Waals surface area contributed by atoms with Crippen molar-refractivity contribution in [2.45, 2.75) is 18.9 Å². The van der Waals surface area contributed by atoms with Crippen molar-refractivity contribution in [1.82, 2.24) is 5.32 Å². The second-order valence-corrected chi connectivity index (χ2v) is 4.64. The molecular weight excluding hydrogens is 210 g/mol. The molecule has 2 unspecified atom stereocenters. The van der Waals surface area contributed by atoms with Gasteiger partial charge in [0.05, 0.1) is 12.1 Å². The minimum atomic E-state index is -0.0361. The minimum absolute atomic E-state index is 0.0361. The fourth-order valence-electron chi connectivity index (χ4n) is 1.59. The zero-order valence-electron chi connectivity index (χ0n) is 8.59. The molecule has 1 heterocycles. The third-order valence-corrected chi connectivity index (χ3v) is 3.63. The van der Waals surface area contributed by atoms with Gasteiger partial charge >= 0.3 is 0 Å². The number of hydrogen-bond acceptors (Lipinski definition) is 4. The average molecular weight is 225 g/mol. The Labute approximate surface area is 93.9 Å². The summed E-state index contributed by atoms with van der Waals surface area (Å²) in [6.45, 7) is 1.25. The van der Waals surface area contributed by atoms with Crippen molar-refractivity contribution in [2.24, 2.45) is 11.0 Å². The lowest BCUT2D eigenvalue weighted by atomic mass is 10.0. The lowest BCUT2D eigenvalue weighted by Gasteiger charge is -2.16. The third-order valence-electron chi connectivity index (χ3n) is 2.44. The highest BCUT2D eigenvalue weighted by Gasteiger charge is 2.24. The maximum absolute atomic E-state index is 8.99. The molecule has 0 saturated carbocycles. The number of rotatable bonds is 6. The molecular formula is C9H15N5S. The van der Waals surface area contributed by atoms with E-state index in [-0.39, 0.29) is 6.04 Å². The minimum Gasteiger partial charge on any atom is -0.302 e. The molecule has 0 aromatic carbocycles. The van der Waals surface area contributed by atoms with Crippen molar-refractivity contribution in [3.8, 4) is 6.07 Å². The van der Waals surface area contributed by atoms with Crippen molar-refractivity contribution >= 4 is 11.8 Å². The van der Waals surface area contributed by atoms with Crippen LogP contribution in [0.2, 0.25) is 0 Å². The predicted octanol–water partition coefficient (Wildman–Crippen LogP) is 1.92. The monoisotopic (exact) mass is 225 g/mol. The Balaban J connectivity index is 2.16. The van der Waals surface area contributed by atoms with Crippen LogP contribution in [0.15, 0.2) is 5.11 Å². The summed E-state index contributed by atoms with van der Waals surface area (Å²) in [5, 5.41) is 15.6. The van der Waals surface area contributed by atoms with Gasteiger partial charge in [0.1, 0.15) is 0 Å². The van der Waals surface area contributed by atoms with Gasteiger partial charge in [0.25, 0.3) is 0 Å². The zero-order valence-corrected chi connectivity index (χ0v) is 9.41. The van der Waals surface area contributed by atoms with Crippen LogP contribution in [0.1, 0.15) is 12.8 Å². The van der Waals surface area contributed by atoms with E-state index in [1.807, 2.05) is 11.8 Å². The quantitative estimate of drug-likeness (QED) is 0.324. The van der Waals surface area contributed by atoms with Crippen LogP contribution < -0.4 is 5.32 Å². The molecule has 0 aromatic heterocycles. The Hall–Kier alpha value is -0.890. The molecule has 1 aliphatic rings. The summed E-state index contributed by atoms with van der Waals surface area (Å²) in [6.07, 6.45) is 1.92. The van der Waals surface area contributed by atoms with E-state index >= 15 is 0 Å². The summed E-state index contributed by atoms with van der Waals surface area (Å²) < 4.78 is 0. The van der Waals surface area contributed by atoms with E-state index in [2.05, 4.69) is 21.4 Å². The SMILES string of the molecule is N#CC(NCCCN=[N+]=[N-])C1CCSC1. The summed E-state index contributed by atoms with van der Waals surface area (Å²) in [6, 6.07) is 2.27. The first kappa shape index (κ1) is 12.2. The topological polar surface area (TPSA) is 84.6 Å². The molecule has 0 spiro atoms. The van der Waals surface area contributed by atoms with Crippen molar-refractivity contribution in [3.05, 3.63) is 10.4 Å². The van der Waals surface area contributed by atoms with Gasteiger partial charge in [-0.05, 0) is 42.3 Å². The highest BCUT2D eigenvalue weighted by molar-refractivity contribution is 7.99. The highest BCUT2D eigenvalue weighted by atomic mass is 32.2. The van der Waals surface area contributed by atoms with Gasteiger partial charge in [-0.1, -0.05) is 5.11 Å². The molecule has 0 bridgehead atoms. The predicted molar refractivity (Wildman–Crippen MR) is 61.5 cm³/mol. The Morgan fingerprint density at radius 2 is 2.60 bits per heavy atom. The number of nitriles is 1. The van der Waals surface area contributed by atoms with Crippen LogP contribution in [0.25, 0.3) is 10.4 Å². The molecule has 0 radical (unpaired) electrons. The summed E-state index contributed by atoms with van der Waals surface area (Å²) in [5.41, 5.74) is 8.08. The van der Waals surface area contributed by atoms with Crippen LogP contribution in [0.5, 0.6) is 0 Å². The van der Waals surface area contributed by atoms with Crippen molar-refractivity contribution < 1.29 is 0 Å². The Kier molecular flexibility index (Phi) is 6.02. The summed E-state index contributed by atoms with van der Waals surface area (Å²) >= 11 is 1.92. The molecule has 5 nitrogen and oxygen atoms in total. The molecule has 0 aromatic rings. The van der Waals surface area contributed by atoms with E-state index in [1.165, 1.54) is 5.75 Å². The molecule has 15 heavy (non-hydrogen) atoms. The fourth-order valence-corrected chi connectivity index (χ4v) is 2.88. The Morgan fingerprint density at radius 1 is 1.73 bits per heavy atom. The molecule has 6 heteroatoms. The van der Waals surface area contributed by atoms with Crippen LogP contribution in [0.4, 0.5) is 0 Å². The van der Waals surface area contributed by atoms with Crippen molar-refractivity contribution in [2.75, 3.05) is 24.6 Å². The van der Waals surface area contributed by atoms with E-state index in [1.54, 1.807) is 0 Å². The van der Waals surface area contributed by atoms with Crippen molar-refractivity contribution in [1.29, 1.82) is 5.26 Å². The molecule has 0 aliphatic carbocycles. The fraction of sp³-hybridized carbons (Fsp3) is 0.889. The van der Waals surface area contributed by atoms with Gasteiger partial charge in [-0.3, -0.25) is 0 Å². The second kappa shape index (κ2) is 7.41. The zero-order chi connectivity index (χ0) is 10.9. The van der Waals surface area contributed by atoms with Crippen LogP contribution in [-0.4, -0.2) is 30.6 Å². The van der Waals surface area contributed by atoms with Gasteiger partial charge in [-0.15, -0.1) is 0 Å². The number of azide groups is 1. The molecule has 0 amide bonds. The van der Waals surface area contributed by atoms with Gasteiger partial charge in [0, 0.05) is 11.5 Å². The molecule has 1 saturated heterocycles. The normalized spacial score (nSPS) is 21.7. The number of nitrogens with zero attached hydrogens (tertiary/aromatic N) is 4. The molecule has 1 N–H and O–H groups in total. The largest absolute Gasteiger partial charge is 0.302 e. The maximum atomic E-state index is 8.99.